The van der Waals surface area contributed by atoms with Crippen LogP contribution in [0.2, 0.25) is 0 Å². The lowest BCUT2D eigenvalue weighted by molar-refractivity contribution is -0.133. The Morgan fingerprint density at radius 1 is 1.00 bits per heavy atom. The molecule has 5 heteroatoms. The lowest BCUT2D eigenvalue weighted by Gasteiger charge is -2.32. The first-order valence-electron chi connectivity index (χ1n) is 10.7. The molecule has 0 radical (unpaired) electrons. The Kier molecular flexibility index (Phi) is 7.90. The van der Waals surface area contributed by atoms with Gasteiger partial charge >= 0.3 is 0 Å². The third kappa shape index (κ3) is 6.93. The first-order valence-corrected chi connectivity index (χ1v) is 10.7. The maximum atomic E-state index is 12.1. The molecule has 1 heterocycles. The Balaban J connectivity index is 1.35. The van der Waals surface area contributed by atoms with Crippen LogP contribution >= 0.6 is 0 Å². The van der Waals surface area contributed by atoms with E-state index >= 15 is 0 Å². The average molecular weight is 387 g/mol. The highest BCUT2D eigenvalue weighted by Crippen LogP contribution is 2.27. The first kappa shape index (κ1) is 20.8. The van der Waals surface area contributed by atoms with Gasteiger partial charge in [-0.15, -0.1) is 0 Å². The van der Waals surface area contributed by atoms with Crippen molar-refractivity contribution in [3.05, 3.63) is 35.4 Å². The molecule has 1 N–H and O–H groups in total. The molecule has 3 rings (SSSR count). The van der Waals surface area contributed by atoms with E-state index < -0.39 is 0 Å². The SMILES string of the molecule is COCCC(=O)N1CCC(Cc2ccc(CCC(=O)NCC3CC3)cc2)CC1. The molecule has 28 heavy (non-hydrogen) atoms. The lowest BCUT2D eigenvalue weighted by Crippen LogP contribution is -2.39. The maximum Gasteiger partial charge on any atom is 0.224 e. The normalized spacial score (nSPS) is 17.5. The third-order valence-electron chi connectivity index (χ3n) is 5.96. The van der Waals surface area contributed by atoms with Gasteiger partial charge in [0.15, 0.2) is 0 Å². The van der Waals surface area contributed by atoms with Gasteiger partial charge in [-0.1, -0.05) is 24.3 Å². The van der Waals surface area contributed by atoms with E-state index in [1.807, 2.05) is 4.90 Å². The monoisotopic (exact) mass is 386 g/mol. The van der Waals surface area contributed by atoms with Crippen molar-refractivity contribution in [2.75, 3.05) is 33.4 Å². The summed E-state index contributed by atoms with van der Waals surface area (Å²) in [7, 11) is 1.63. The number of benzene rings is 1. The molecule has 2 aliphatic rings. The number of hydrogen-bond donors (Lipinski definition) is 1. The Labute approximate surface area is 168 Å². The van der Waals surface area contributed by atoms with Gasteiger partial charge in [0.05, 0.1) is 13.0 Å². The van der Waals surface area contributed by atoms with E-state index in [-0.39, 0.29) is 11.8 Å². The largest absolute Gasteiger partial charge is 0.384 e. The smallest absolute Gasteiger partial charge is 0.224 e. The summed E-state index contributed by atoms with van der Waals surface area (Å²) < 4.78 is 5.00. The Morgan fingerprint density at radius 3 is 2.32 bits per heavy atom. The second kappa shape index (κ2) is 10.6. The van der Waals surface area contributed by atoms with E-state index in [0.717, 1.165) is 51.2 Å². The number of hydrogen-bond acceptors (Lipinski definition) is 3. The molecule has 1 aromatic carbocycles. The molecular formula is C23H34N2O3. The molecule has 0 spiro atoms. The van der Waals surface area contributed by atoms with Crippen LogP contribution in [-0.4, -0.2) is 50.1 Å². The van der Waals surface area contributed by atoms with Gasteiger partial charge in [0, 0.05) is 33.2 Å². The molecule has 154 valence electrons. The van der Waals surface area contributed by atoms with E-state index in [2.05, 4.69) is 29.6 Å². The van der Waals surface area contributed by atoms with Gasteiger partial charge in [-0.05, 0) is 61.5 Å². The number of aryl methyl sites for hydroxylation is 1. The standard InChI is InChI=1S/C23H34N2O3/c1-28-15-12-23(27)25-13-10-20(11-14-25)16-19-4-2-18(3-5-19)8-9-22(26)24-17-21-6-7-21/h2-5,20-21H,6-17H2,1H3,(H,24,26). The van der Waals surface area contributed by atoms with Gasteiger partial charge < -0.3 is 15.0 Å². The van der Waals surface area contributed by atoms with E-state index in [1.165, 1.54) is 24.0 Å². The number of amides is 2. The van der Waals surface area contributed by atoms with Crippen LogP contribution in [0.4, 0.5) is 0 Å². The highest BCUT2D eigenvalue weighted by Gasteiger charge is 2.23. The second-order valence-electron chi connectivity index (χ2n) is 8.34. The summed E-state index contributed by atoms with van der Waals surface area (Å²) >= 11 is 0. The fraction of sp³-hybridized carbons (Fsp3) is 0.652. The number of nitrogens with zero attached hydrogens (tertiary/aromatic N) is 1. The number of likely N-dealkylation sites (tertiary alicyclic amines) is 1. The van der Waals surface area contributed by atoms with E-state index in [0.29, 0.717) is 25.4 Å². The number of rotatable bonds is 10. The summed E-state index contributed by atoms with van der Waals surface area (Å²) in [4.78, 5) is 25.9. The molecule has 1 aliphatic carbocycles. The zero-order chi connectivity index (χ0) is 19.8. The highest BCUT2D eigenvalue weighted by molar-refractivity contribution is 5.76. The van der Waals surface area contributed by atoms with Crippen molar-refractivity contribution in [3.8, 4) is 0 Å². The average Bonchev–Trinajstić information content (AvgIpc) is 3.55. The fourth-order valence-corrected chi connectivity index (χ4v) is 3.84. The van der Waals surface area contributed by atoms with Gasteiger partial charge in [0.25, 0.3) is 0 Å². The highest BCUT2D eigenvalue weighted by atomic mass is 16.5. The van der Waals surface area contributed by atoms with Crippen LogP contribution in [0.5, 0.6) is 0 Å². The quantitative estimate of drug-likeness (QED) is 0.673. The summed E-state index contributed by atoms with van der Waals surface area (Å²) in [6.45, 7) is 3.09. The van der Waals surface area contributed by atoms with Crippen molar-refractivity contribution in [2.45, 2.75) is 51.4 Å². The minimum atomic E-state index is 0.169. The minimum absolute atomic E-state index is 0.169. The summed E-state index contributed by atoms with van der Waals surface area (Å²) in [6, 6.07) is 8.72. The van der Waals surface area contributed by atoms with Crippen LogP contribution in [0.3, 0.4) is 0 Å². The molecule has 0 atom stereocenters. The maximum absolute atomic E-state index is 12.1. The Bertz CT molecular complexity index is 632. The van der Waals surface area contributed by atoms with Crippen molar-refractivity contribution in [1.82, 2.24) is 10.2 Å². The van der Waals surface area contributed by atoms with Crippen LogP contribution < -0.4 is 5.32 Å². The van der Waals surface area contributed by atoms with Gasteiger partial charge in [0.1, 0.15) is 0 Å². The van der Waals surface area contributed by atoms with Gasteiger partial charge in [-0.2, -0.15) is 0 Å². The van der Waals surface area contributed by atoms with Crippen LogP contribution in [0.15, 0.2) is 24.3 Å². The number of carbonyl (C=O) groups excluding carboxylic acids is 2. The van der Waals surface area contributed by atoms with Crippen molar-refractivity contribution < 1.29 is 14.3 Å². The number of carbonyl (C=O) groups is 2. The predicted molar refractivity (Wildman–Crippen MR) is 110 cm³/mol. The van der Waals surface area contributed by atoms with Crippen LogP contribution in [0.1, 0.15) is 49.7 Å². The van der Waals surface area contributed by atoms with E-state index in [4.69, 9.17) is 4.74 Å². The van der Waals surface area contributed by atoms with Gasteiger partial charge in [-0.25, -0.2) is 0 Å². The van der Waals surface area contributed by atoms with Crippen molar-refractivity contribution in [2.24, 2.45) is 11.8 Å². The van der Waals surface area contributed by atoms with E-state index in [1.54, 1.807) is 7.11 Å². The van der Waals surface area contributed by atoms with Crippen molar-refractivity contribution >= 4 is 11.8 Å². The minimum Gasteiger partial charge on any atom is -0.384 e. The van der Waals surface area contributed by atoms with Gasteiger partial charge in [0.2, 0.25) is 11.8 Å². The molecule has 1 saturated heterocycles. The summed E-state index contributed by atoms with van der Waals surface area (Å²) in [5.41, 5.74) is 2.58. The summed E-state index contributed by atoms with van der Waals surface area (Å²) in [6.07, 6.45) is 7.61. The van der Waals surface area contributed by atoms with E-state index in [9.17, 15) is 9.59 Å². The summed E-state index contributed by atoms with van der Waals surface area (Å²) in [5.74, 6) is 1.76. The Morgan fingerprint density at radius 2 is 1.68 bits per heavy atom. The number of piperidine rings is 1. The van der Waals surface area contributed by atoms with Crippen LogP contribution in [0, 0.1) is 11.8 Å². The number of methoxy groups -OCH3 is 1. The number of nitrogens with one attached hydrogen (secondary N) is 1. The second-order valence-corrected chi connectivity index (χ2v) is 8.34. The molecule has 1 aliphatic heterocycles. The zero-order valence-electron chi connectivity index (χ0n) is 17.1. The fourth-order valence-electron chi connectivity index (χ4n) is 3.84. The predicted octanol–water partition coefficient (Wildman–Crippen LogP) is 2.96. The molecule has 2 fully saturated rings. The van der Waals surface area contributed by atoms with Crippen LogP contribution in [-0.2, 0) is 27.2 Å². The summed E-state index contributed by atoms with van der Waals surface area (Å²) in [5, 5.41) is 3.03. The molecule has 1 saturated carbocycles. The molecule has 0 bridgehead atoms. The number of ether oxygens (including phenoxy) is 1. The van der Waals surface area contributed by atoms with Crippen molar-refractivity contribution in [1.29, 1.82) is 0 Å². The molecule has 5 nitrogen and oxygen atoms in total. The molecular weight excluding hydrogens is 352 g/mol. The lowest BCUT2D eigenvalue weighted by atomic mass is 9.89. The third-order valence-corrected chi connectivity index (χ3v) is 5.96. The topological polar surface area (TPSA) is 58.6 Å². The van der Waals surface area contributed by atoms with Crippen LogP contribution in [0.25, 0.3) is 0 Å². The molecule has 1 aromatic rings. The Hall–Kier alpha value is -1.88. The molecule has 2 amide bonds. The first-order chi connectivity index (χ1) is 13.6. The molecule has 0 unspecified atom stereocenters. The zero-order valence-corrected chi connectivity index (χ0v) is 17.1. The molecule has 0 aromatic heterocycles. The van der Waals surface area contributed by atoms with Crippen molar-refractivity contribution in [3.63, 3.8) is 0 Å². The van der Waals surface area contributed by atoms with Gasteiger partial charge in [-0.3, -0.25) is 9.59 Å².